The van der Waals surface area contributed by atoms with E-state index in [1.807, 2.05) is 25.1 Å². The number of esters is 1. The summed E-state index contributed by atoms with van der Waals surface area (Å²) in [5, 5.41) is 0.435. The Hall–Kier alpha value is -3.12. The van der Waals surface area contributed by atoms with Gasteiger partial charge >= 0.3 is 5.97 Å². The van der Waals surface area contributed by atoms with Crippen molar-refractivity contribution < 1.29 is 9.53 Å². The number of carbonyl (C=O) groups is 1. The molecular formula is C19H19ClN4O2. The second-order valence-corrected chi connectivity index (χ2v) is 5.74. The Balaban J connectivity index is 0.000000254. The average Bonchev–Trinajstić information content (AvgIpc) is 2.61. The van der Waals surface area contributed by atoms with E-state index in [4.69, 9.17) is 23.1 Å². The van der Waals surface area contributed by atoms with Gasteiger partial charge in [0.1, 0.15) is 16.8 Å². The highest BCUT2D eigenvalue weighted by Gasteiger charge is 2.09. The summed E-state index contributed by atoms with van der Waals surface area (Å²) in [5.74, 6) is 0.589. The van der Waals surface area contributed by atoms with Crippen LogP contribution in [0.5, 0.6) is 0 Å². The molecule has 4 N–H and O–H groups in total. The monoisotopic (exact) mass is 370 g/mol. The van der Waals surface area contributed by atoms with E-state index >= 15 is 0 Å². The van der Waals surface area contributed by atoms with Crippen molar-refractivity contribution in [3.8, 4) is 11.3 Å². The molecule has 0 fully saturated rings. The number of rotatable bonds is 2. The number of pyridine rings is 2. The fourth-order valence-electron chi connectivity index (χ4n) is 2.22. The Morgan fingerprint density at radius 3 is 2.15 bits per heavy atom. The SMILES string of the molecule is COC(=O)c1ccc(-c2cccc(N)n2)c(C)c1.Nc1cccc(Cl)n1. The van der Waals surface area contributed by atoms with Gasteiger partial charge in [-0.2, -0.15) is 0 Å². The number of nitrogens with two attached hydrogens (primary N) is 2. The minimum Gasteiger partial charge on any atom is -0.465 e. The lowest BCUT2D eigenvalue weighted by atomic mass is 10.0. The number of benzene rings is 1. The van der Waals surface area contributed by atoms with Gasteiger partial charge in [0.25, 0.3) is 0 Å². The normalized spacial score (nSPS) is 9.81. The first-order chi connectivity index (χ1) is 12.4. The van der Waals surface area contributed by atoms with Crippen LogP contribution in [0.3, 0.4) is 0 Å². The fourth-order valence-corrected chi connectivity index (χ4v) is 2.39. The smallest absolute Gasteiger partial charge is 0.337 e. The first-order valence-corrected chi connectivity index (χ1v) is 8.08. The molecule has 7 heteroatoms. The maximum atomic E-state index is 11.4. The van der Waals surface area contributed by atoms with Crippen molar-refractivity contribution in [2.45, 2.75) is 6.92 Å². The highest BCUT2D eigenvalue weighted by atomic mass is 35.5. The third-order valence-corrected chi connectivity index (χ3v) is 3.64. The van der Waals surface area contributed by atoms with Crippen LogP contribution >= 0.6 is 11.6 Å². The van der Waals surface area contributed by atoms with E-state index in [2.05, 4.69) is 14.7 Å². The number of carbonyl (C=O) groups excluding carboxylic acids is 1. The molecule has 0 bridgehead atoms. The Morgan fingerprint density at radius 2 is 1.65 bits per heavy atom. The summed E-state index contributed by atoms with van der Waals surface area (Å²) in [7, 11) is 1.37. The molecular weight excluding hydrogens is 352 g/mol. The van der Waals surface area contributed by atoms with Crippen LogP contribution in [0.4, 0.5) is 11.6 Å². The van der Waals surface area contributed by atoms with Crippen molar-refractivity contribution in [2.75, 3.05) is 18.6 Å². The van der Waals surface area contributed by atoms with Crippen LogP contribution in [0, 0.1) is 6.92 Å². The molecule has 6 nitrogen and oxygen atoms in total. The molecule has 2 aromatic heterocycles. The molecule has 3 rings (SSSR count). The summed E-state index contributed by atoms with van der Waals surface area (Å²) >= 11 is 5.45. The molecule has 0 unspecified atom stereocenters. The lowest BCUT2D eigenvalue weighted by molar-refractivity contribution is 0.0600. The van der Waals surface area contributed by atoms with Crippen LogP contribution in [0.2, 0.25) is 5.15 Å². The third-order valence-electron chi connectivity index (χ3n) is 3.43. The van der Waals surface area contributed by atoms with E-state index < -0.39 is 0 Å². The molecule has 134 valence electrons. The Kier molecular flexibility index (Phi) is 6.52. The minimum absolute atomic E-state index is 0.342. The third kappa shape index (κ3) is 5.19. The summed E-state index contributed by atoms with van der Waals surface area (Å²) in [5.41, 5.74) is 14.2. The topological polar surface area (TPSA) is 104 Å². The van der Waals surface area contributed by atoms with Crippen LogP contribution in [0.25, 0.3) is 11.3 Å². The van der Waals surface area contributed by atoms with Gasteiger partial charge in [0.2, 0.25) is 0 Å². The fraction of sp³-hybridized carbons (Fsp3) is 0.105. The van der Waals surface area contributed by atoms with Gasteiger partial charge in [-0.3, -0.25) is 0 Å². The van der Waals surface area contributed by atoms with Gasteiger partial charge < -0.3 is 16.2 Å². The van der Waals surface area contributed by atoms with E-state index in [0.717, 1.165) is 16.8 Å². The maximum Gasteiger partial charge on any atom is 0.337 e. The van der Waals surface area contributed by atoms with Crippen molar-refractivity contribution in [1.29, 1.82) is 0 Å². The molecule has 3 aromatic rings. The van der Waals surface area contributed by atoms with Crippen LogP contribution in [0.15, 0.2) is 54.6 Å². The van der Waals surface area contributed by atoms with Gasteiger partial charge in [0.15, 0.2) is 0 Å². The van der Waals surface area contributed by atoms with Gasteiger partial charge in [-0.1, -0.05) is 29.8 Å². The van der Waals surface area contributed by atoms with Crippen LogP contribution < -0.4 is 11.5 Å². The van der Waals surface area contributed by atoms with Gasteiger partial charge in [-0.05, 0) is 48.9 Å². The molecule has 0 saturated carbocycles. The van der Waals surface area contributed by atoms with Crippen molar-refractivity contribution in [3.63, 3.8) is 0 Å². The highest BCUT2D eigenvalue weighted by Crippen LogP contribution is 2.23. The number of hydrogen-bond acceptors (Lipinski definition) is 6. The molecule has 0 aliphatic heterocycles. The number of nitrogen functional groups attached to an aromatic ring is 2. The molecule has 1 aromatic carbocycles. The van der Waals surface area contributed by atoms with Crippen molar-refractivity contribution in [3.05, 3.63) is 70.9 Å². The van der Waals surface area contributed by atoms with Gasteiger partial charge in [-0.25, -0.2) is 14.8 Å². The van der Waals surface area contributed by atoms with E-state index in [1.54, 1.807) is 36.4 Å². The molecule has 0 saturated heterocycles. The minimum atomic E-state index is -0.342. The summed E-state index contributed by atoms with van der Waals surface area (Å²) in [6.07, 6.45) is 0. The summed E-state index contributed by atoms with van der Waals surface area (Å²) < 4.78 is 4.68. The molecule has 0 atom stereocenters. The molecule has 0 amide bonds. The lowest BCUT2D eigenvalue weighted by Gasteiger charge is -2.07. The molecule has 0 aliphatic carbocycles. The van der Waals surface area contributed by atoms with Crippen LogP contribution in [0.1, 0.15) is 15.9 Å². The van der Waals surface area contributed by atoms with E-state index in [1.165, 1.54) is 7.11 Å². The number of aryl methyl sites for hydroxylation is 1. The Morgan fingerprint density at radius 1 is 1.00 bits per heavy atom. The van der Waals surface area contributed by atoms with E-state index in [9.17, 15) is 4.79 Å². The zero-order valence-electron chi connectivity index (χ0n) is 14.4. The summed E-state index contributed by atoms with van der Waals surface area (Å²) in [6.45, 7) is 1.92. The molecule has 0 radical (unpaired) electrons. The summed E-state index contributed by atoms with van der Waals surface area (Å²) in [4.78, 5) is 19.4. The molecule has 2 heterocycles. The number of aromatic nitrogens is 2. The number of ether oxygens (including phenoxy) is 1. The molecule has 0 aliphatic rings. The summed E-state index contributed by atoms with van der Waals surface area (Å²) in [6, 6.07) is 16.0. The van der Waals surface area contributed by atoms with Gasteiger partial charge in [-0.15, -0.1) is 0 Å². The number of nitrogens with zero attached hydrogens (tertiary/aromatic N) is 2. The first-order valence-electron chi connectivity index (χ1n) is 7.70. The van der Waals surface area contributed by atoms with Crippen molar-refractivity contribution >= 4 is 29.2 Å². The quantitative estimate of drug-likeness (QED) is 0.526. The largest absolute Gasteiger partial charge is 0.465 e. The second-order valence-electron chi connectivity index (χ2n) is 5.35. The van der Waals surface area contributed by atoms with Crippen LogP contribution in [-0.2, 0) is 4.74 Å². The number of halogens is 1. The average molecular weight is 371 g/mol. The van der Waals surface area contributed by atoms with E-state index in [0.29, 0.717) is 22.4 Å². The Bertz CT molecular complexity index is 898. The zero-order chi connectivity index (χ0) is 19.1. The van der Waals surface area contributed by atoms with Crippen LogP contribution in [-0.4, -0.2) is 23.0 Å². The maximum absolute atomic E-state index is 11.4. The molecule has 26 heavy (non-hydrogen) atoms. The highest BCUT2D eigenvalue weighted by molar-refractivity contribution is 6.29. The first kappa shape index (κ1) is 19.2. The predicted molar refractivity (Wildman–Crippen MR) is 104 cm³/mol. The zero-order valence-corrected chi connectivity index (χ0v) is 15.2. The predicted octanol–water partition coefficient (Wildman–Crippen LogP) is 3.74. The van der Waals surface area contributed by atoms with Crippen molar-refractivity contribution in [2.24, 2.45) is 0 Å². The lowest BCUT2D eigenvalue weighted by Crippen LogP contribution is -2.02. The van der Waals surface area contributed by atoms with Crippen molar-refractivity contribution in [1.82, 2.24) is 9.97 Å². The molecule has 0 spiro atoms. The van der Waals surface area contributed by atoms with Gasteiger partial charge in [0, 0.05) is 5.56 Å². The van der Waals surface area contributed by atoms with Gasteiger partial charge in [0.05, 0.1) is 18.4 Å². The number of anilines is 2. The number of methoxy groups -OCH3 is 1. The standard InChI is InChI=1S/C14H14N2O2.C5H5ClN2/c1-9-8-10(14(17)18-2)6-7-11(9)12-4-3-5-13(15)16-12;6-4-2-1-3-5(7)8-4/h3-8H,1-2H3,(H2,15,16);1-3H,(H2,7,8). The number of hydrogen-bond donors (Lipinski definition) is 2. The Labute approximate surface area is 156 Å². The van der Waals surface area contributed by atoms with E-state index in [-0.39, 0.29) is 5.97 Å². The second kappa shape index (κ2) is 8.82.